The maximum Gasteiger partial charge on any atom is 0.227 e. The topological polar surface area (TPSA) is 60.8 Å². The van der Waals surface area contributed by atoms with Crippen molar-refractivity contribution in [3.8, 4) is 0 Å². The van der Waals surface area contributed by atoms with Crippen LogP contribution in [0, 0.1) is 6.92 Å². The lowest BCUT2D eigenvalue weighted by Crippen LogP contribution is -2.54. The van der Waals surface area contributed by atoms with Crippen LogP contribution in [0.25, 0.3) is 0 Å². The predicted molar refractivity (Wildman–Crippen MR) is 125 cm³/mol. The van der Waals surface area contributed by atoms with Crippen molar-refractivity contribution in [3.05, 3.63) is 50.4 Å². The Morgan fingerprint density at radius 3 is 2.63 bits per heavy atom. The molecule has 0 saturated carbocycles. The average molecular weight is 448 g/mol. The Morgan fingerprint density at radius 2 is 2.00 bits per heavy atom. The molecule has 1 aliphatic heterocycles. The molecule has 0 atom stereocenters. The second kappa shape index (κ2) is 10.8. The zero-order valence-corrected chi connectivity index (χ0v) is 19.5. The number of nitrogens with one attached hydrogen (secondary N) is 1. The number of rotatable bonds is 6. The minimum Gasteiger partial charge on any atom is -0.356 e. The van der Waals surface area contributed by atoms with Gasteiger partial charge in [0.1, 0.15) is 0 Å². The largest absolute Gasteiger partial charge is 0.356 e. The van der Waals surface area contributed by atoms with Crippen LogP contribution in [0.2, 0.25) is 5.02 Å². The van der Waals surface area contributed by atoms with Crippen molar-refractivity contribution in [1.29, 1.82) is 0 Å². The fourth-order valence-electron chi connectivity index (χ4n) is 3.64. The van der Waals surface area contributed by atoms with Crippen molar-refractivity contribution in [2.45, 2.75) is 33.1 Å². The number of amides is 1. The first kappa shape index (κ1) is 22.6. The van der Waals surface area contributed by atoms with E-state index in [1.807, 2.05) is 36.2 Å². The molecule has 2 aromatic rings. The van der Waals surface area contributed by atoms with Gasteiger partial charge < -0.3 is 15.1 Å². The van der Waals surface area contributed by atoms with Crippen molar-refractivity contribution in [3.63, 3.8) is 0 Å². The van der Waals surface area contributed by atoms with Crippen molar-refractivity contribution in [2.75, 3.05) is 39.8 Å². The van der Waals surface area contributed by atoms with Crippen molar-refractivity contribution in [1.82, 2.24) is 20.1 Å². The third kappa shape index (κ3) is 5.95. The minimum absolute atomic E-state index is 0.144. The summed E-state index contributed by atoms with van der Waals surface area (Å²) in [5.41, 5.74) is 2.16. The molecule has 0 radical (unpaired) electrons. The van der Waals surface area contributed by atoms with Crippen LogP contribution in [-0.4, -0.2) is 66.4 Å². The van der Waals surface area contributed by atoms with Gasteiger partial charge in [0.2, 0.25) is 5.91 Å². The molecule has 0 bridgehead atoms. The molecular formula is C22H30ClN5OS. The van der Waals surface area contributed by atoms with E-state index in [0.717, 1.165) is 44.0 Å². The van der Waals surface area contributed by atoms with Gasteiger partial charge in [0, 0.05) is 56.1 Å². The van der Waals surface area contributed by atoms with Gasteiger partial charge in [0.15, 0.2) is 5.96 Å². The predicted octanol–water partition coefficient (Wildman–Crippen LogP) is 3.17. The summed E-state index contributed by atoms with van der Waals surface area (Å²) in [6.07, 6.45) is 2.26. The van der Waals surface area contributed by atoms with Crippen molar-refractivity contribution in [2.24, 2.45) is 4.99 Å². The Bertz CT molecular complexity index is 889. The second-order valence-corrected chi connectivity index (χ2v) is 9.09. The summed E-state index contributed by atoms with van der Waals surface area (Å²) in [7, 11) is 1.81. The highest BCUT2D eigenvalue weighted by atomic mass is 35.5. The molecule has 3 rings (SSSR count). The highest BCUT2D eigenvalue weighted by molar-refractivity contribution is 7.11. The summed E-state index contributed by atoms with van der Waals surface area (Å²) in [5.74, 6) is 1.03. The van der Waals surface area contributed by atoms with E-state index in [0.29, 0.717) is 24.5 Å². The van der Waals surface area contributed by atoms with Gasteiger partial charge in [0.25, 0.3) is 0 Å². The molecule has 1 aromatic carbocycles. The Hall–Kier alpha value is -2.12. The number of aliphatic imine (C=N–C) groups is 1. The fraction of sp³-hybridized carbons (Fsp3) is 0.500. The first-order valence-corrected chi connectivity index (χ1v) is 11.6. The lowest BCUT2D eigenvalue weighted by Gasteiger charge is -2.36. The summed E-state index contributed by atoms with van der Waals surface area (Å²) in [6.45, 7) is 8.04. The van der Waals surface area contributed by atoms with Gasteiger partial charge in [-0.2, -0.15) is 0 Å². The fourth-order valence-corrected chi connectivity index (χ4v) is 4.87. The Labute approximate surface area is 188 Å². The third-order valence-corrected chi connectivity index (χ3v) is 6.59. The standard InChI is InChI=1S/C22H30ClN5OS/c1-4-19-16(2)30-20(26-19)8-9-25-22(24-3)28-12-10-27(11-13-28)21(29)15-17-6-5-7-18(23)14-17/h5-7,14H,4,8-13,15H2,1-3H3,(H,24,25). The van der Waals surface area contributed by atoms with E-state index >= 15 is 0 Å². The van der Waals surface area contributed by atoms with E-state index in [-0.39, 0.29) is 5.91 Å². The van der Waals surface area contributed by atoms with Gasteiger partial charge in [-0.1, -0.05) is 30.7 Å². The van der Waals surface area contributed by atoms with E-state index in [1.165, 1.54) is 15.6 Å². The summed E-state index contributed by atoms with van der Waals surface area (Å²) < 4.78 is 0. The van der Waals surface area contributed by atoms with E-state index in [9.17, 15) is 4.79 Å². The number of hydrogen-bond donors (Lipinski definition) is 1. The van der Waals surface area contributed by atoms with Crippen molar-refractivity contribution < 1.29 is 4.79 Å². The molecule has 1 amide bonds. The van der Waals surface area contributed by atoms with Gasteiger partial charge in [-0.3, -0.25) is 9.79 Å². The SMILES string of the molecule is CCc1nc(CCNC(=NC)N2CCN(C(=O)Cc3cccc(Cl)c3)CC2)sc1C. The number of piperazine rings is 1. The Kier molecular flexibility index (Phi) is 8.10. The van der Waals surface area contributed by atoms with E-state index in [4.69, 9.17) is 16.6 Å². The summed E-state index contributed by atoms with van der Waals surface area (Å²) in [5, 5.41) is 5.28. The van der Waals surface area contributed by atoms with Crippen molar-refractivity contribution >= 4 is 34.8 Å². The molecule has 1 N–H and O–H groups in total. The van der Waals surface area contributed by atoms with Crippen LogP contribution in [0.1, 0.15) is 28.1 Å². The van der Waals surface area contributed by atoms with Gasteiger partial charge >= 0.3 is 0 Å². The molecule has 0 unspecified atom stereocenters. The number of halogens is 1. The van der Waals surface area contributed by atoms with E-state index in [2.05, 4.69) is 29.1 Å². The molecular weight excluding hydrogens is 418 g/mol. The third-order valence-electron chi connectivity index (χ3n) is 5.28. The van der Waals surface area contributed by atoms with Crippen LogP contribution in [0.5, 0.6) is 0 Å². The number of carbonyl (C=O) groups excluding carboxylic acids is 1. The molecule has 0 aliphatic carbocycles. The molecule has 162 valence electrons. The van der Waals surface area contributed by atoms with Crippen LogP contribution in [0.15, 0.2) is 29.3 Å². The number of aryl methyl sites for hydroxylation is 2. The normalized spacial score (nSPS) is 14.9. The maximum absolute atomic E-state index is 12.6. The number of nitrogens with zero attached hydrogens (tertiary/aromatic N) is 4. The van der Waals surface area contributed by atoms with Crippen LogP contribution in [0.4, 0.5) is 0 Å². The van der Waals surface area contributed by atoms with E-state index < -0.39 is 0 Å². The number of benzene rings is 1. The number of hydrogen-bond acceptors (Lipinski definition) is 4. The summed E-state index contributed by atoms with van der Waals surface area (Å²) >= 11 is 7.81. The average Bonchev–Trinajstić information content (AvgIpc) is 3.11. The monoisotopic (exact) mass is 447 g/mol. The van der Waals surface area contributed by atoms with Gasteiger partial charge in [-0.25, -0.2) is 4.98 Å². The molecule has 0 spiro atoms. The first-order chi connectivity index (χ1) is 14.5. The Morgan fingerprint density at radius 1 is 1.27 bits per heavy atom. The number of aromatic nitrogens is 1. The zero-order chi connectivity index (χ0) is 21.5. The van der Waals surface area contributed by atoms with Gasteiger partial charge in [-0.05, 0) is 31.0 Å². The highest BCUT2D eigenvalue weighted by Crippen LogP contribution is 2.18. The minimum atomic E-state index is 0.144. The first-order valence-electron chi connectivity index (χ1n) is 10.4. The Balaban J connectivity index is 1.45. The quantitative estimate of drug-likeness (QED) is 0.545. The van der Waals surface area contributed by atoms with Crippen LogP contribution < -0.4 is 5.32 Å². The van der Waals surface area contributed by atoms with Gasteiger partial charge in [-0.15, -0.1) is 11.3 Å². The molecule has 8 heteroatoms. The van der Waals surface area contributed by atoms with Gasteiger partial charge in [0.05, 0.1) is 17.1 Å². The van der Waals surface area contributed by atoms with Crippen LogP contribution in [0.3, 0.4) is 0 Å². The number of carbonyl (C=O) groups is 1. The molecule has 1 aromatic heterocycles. The smallest absolute Gasteiger partial charge is 0.227 e. The molecule has 1 saturated heterocycles. The molecule has 1 fully saturated rings. The van der Waals surface area contributed by atoms with Crippen LogP contribution in [-0.2, 0) is 24.1 Å². The molecule has 6 nitrogen and oxygen atoms in total. The number of thiazole rings is 1. The molecule has 1 aliphatic rings. The lowest BCUT2D eigenvalue weighted by molar-refractivity contribution is -0.131. The number of guanidine groups is 1. The lowest BCUT2D eigenvalue weighted by atomic mass is 10.1. The molecule has 2 heterocycles. The zero-order valence-electron chi connectivity index (χ0n) is 17.9. The maximum atomic E-state index is 12.6. The van der Waals surface area contributed by atoms with Crippen LogP contribution >= 0.6 is 22.9 Å². The second-order valence-electron chi connectivity index (χ2n) is 7.36. The summed E-state index contributed by atoms with van der Waals surface area (Å²) in [4.78, 5) is 27.2. The highest BCUT2D eigenvalue weighted by Gasteiger charge is 2.23. The summed E-state index contributed by atoms with van der Waals surface area (Å²) in [6, 6.07) is 7.51. The van der Waals surface area contributed by atoms with E-state index in [1.54, 1.807) is 11.3 Å². The molecule has 30 heavy (non-hydrogen) atoms.